The molecule has 3 N–H and O–H groups in total. The Labute approximate surface area is 386 Å². The van der Waals surface area contributed by atoms with Gasteiger partial charge in [-0.15, -0.1) is 6.58 Å². The molecule has 4 aromatic rings. The van der Waals surface area contributed by atoms with Crippen LogP contribution in [0.1, 0.15) is 83.5 Å². The first kappa shape index (κ1) is 48.1. The van der Waals surface area contributed by atoms with Gasteiger partial charge in [0.25, 0.3) is 5.91 Å². The van der Waals surface area contributed by atoms with Crippen LogP contribution in [0.4, 0.5) is 4.39 Å². The number of nitrogens with zero attached hydrogens (tertiary/aromatic N) is 3. The van der Waals surface area contributed by atoms with Crippen LogP contribution in [0.25, 0.3) is 0 Å². The molecule has 0 spiro atoms. The summed E-state index contributed by atoms with van der Waals surface area (Å²) in [5, 5.41) is 44.1. The Bertz CT molecular complexity index is 2330. The van der Waals surface area contributed by atoms with E-state index in [-0.39, 0.29) is 95.3 Å². The van der Waals surface area contributed by atoms with Crippen LogP contribution in [-0.4, -0.2) is 89.9 Å². The molecule has 0 saturated heterocycles. The number of hydrogen-bond donors (Lipinski definition) is 3. The summed E-state index contributed by atoms with van der Waals surface area (Å²) in [6, 6.07) is 29.6. The summed E-state index contributed by atoms with van der Waals surface area (Å²) in [6.07, 6.45) is 8.33. The number of carbonyl (C=O) groups is 1. The second kappa shape index (κ2) is 23.5. The Morgan fingerprint density at radius 2 is 1.68 bits per heavy atom. The second-order valence-corrected chi connectivity index (χ2v) is 16.9. The fourth-order valence-corrected chi connectivity index (χ4v) is 9.86. The molecule has 2 aliphatic carbocycles. The highest BCUT2D eigenvalue weighted by Crippen LogP contribution is 2.62. The standard InChI is InChI=1S/C53H60FN3O9/c1-2-28-64-53-49(57(24-29-62-30-27-60)52(61)39-20-18-37(34-55)19-21-39)33-47(56-65-35-38-12-4-3-5-13-38)44-31-40(14-8-10-25-58)43(16-9-11-26-59)50(51(44)53)45-32-42(22-23-48(45)66-53)63-36-41-15-6-7-17-46(41)54/h2-7,12-13,15,17-23,31-32,40,43,49-51,58-60H,1,8-11,14,16,24-30,33,35-36H2/t40-,43+,49-,50+,51+,53+/m0/s1. The van der Waals surface area contributed by atoms with Gasteiger partial charge >= 0.3 is 0 Å². The molecule has 1 heterocycles. The molecular weight excluding hydrogens is 842 g/mol. The number of benzene rings is 4. The number of allylic oxidation sites excluding steroid dienone is 1. The Balaban J connectivity index is 1.44. The molecule has 0 aromatic heterocycles. The van der Waals surface area contributed by atoms with Gasteiger partial charge in [0.15, 0.2) is 0 Å². The van der Waals surface area contributed by atoms with Gasteiger partial charge in [-0.25, -0.2) is 4.39 Å². The van der Waals surface area contributed by atoms with Crippen molar-refractivity contribution in [2.75, 3.05) is 46.2 Å². The molecule has 7 rings (SSSR count). The highest BCUT2D eigenvalue weighted by atomic mass is 19.1. The number of carbonyl (C=O) groups excluding carboxylic acids is 1. The average Bonchev–Trinajstić information content (AvgIpc) is 3.34. The number of halogens is 1. The third-order valence-corrected chi connectivity index (χ3v) is 12.9. The summed E-state index contributed by atoms with van der Waals surface area (Å²) in [6.45, 7) is 4.44. The van der Waals surface area contributed by atoms with E-state index in [2.05, 4.69) is 18.7 Å². The second-order valence-electron chi connectivity index (χ2n) is 16.9. The van der Waals surface area contributed by atoms with E-state index < -0.39 is 17.7 Å². The van der Waals surface area contributed by atoms with Gasteiger partial charge in [-0.2, -0.15) is 5.26 Å². The normalized spacial score (nSPS) is 22.3. The summed E-state index contributed by atoms with van der Waals surface area (Å²) >= 11 is 0. The maximum absolute atomic E-state index is 15.1. The van der Waals surface area contributed by atoms with Crippen molar-refractivity contribution in [3.63, 3.8) is 0 Å². The molecule has 1 amide bonds. The Hall–Kier alpha value is -5.88. The molecule has 1 fully saturated rings. The summed E-state index contributed by atoms with van der Waals surface area (Å²) in [4.78, 5) is 23.0. The Kier molecular flexibility index (Phi) is 17.1. The number of amides is 1. The van der Waals surface area contributed by atoms with Crippen LogP contribution in [0.15, 0.2) is 127 Å². The van der Waals surface area contributed by atoms with Crippen LogP contribution in [0.3, 0.4) is 0 Å². The zero-order chi connectivity index (χ0) is 46.3. The number of nitriles is 1. The van der Waals surface area contributed by atoms with Crippen molar-refractivity contribution in [1.29, 1.82) is 5.26 Å². The van der Waals surface area contributed by atoms with E-state index in [4.69, 9.17) is 28.9 Å². The zero-order valence-corrected chi connectivity index (χ0v) is 37.3. The minimum Gasteiger partial charge on any atom is -0.489 e. The van der Waals surface area contributed by atoms with Crippen LogP contribution in [0.2, 0.25) is 0 Å². The molecule has 12 nitrogen and oxygen atoms in total. The molecular formula is C53H60FN3O9. The van der Waals surface area contributed by atoms with Crippen LogP contribution < -0.4 is 9.47 Å². The summed E-state index contributed by atoms with van der Waals surface area (Å²) in [7, 11) is 0. The van der Waals surface area contributed by atoms with Crippen LogP contribution in [0.5, 0.6) is 11.5 Å². The first-order valence-corrected chi connectivity index (χ1v) is 23.0. The van der Waals surface area contributed by atoms with Gasteiger partial charge in [-0.1, -0.05) is 78.7 Å². The largest absolute Gasteiger partial charge is 0.489 e. The molecule has 1 saturated carbocycles. The minimum atomic E-state index is -1.55. The SMILES string of the molecule is C=CCO[C@@]12Oc3ccc(OCc4ccccc4F)cc3[C@H]3[C@H](CCCCO)[C@@H](CCCCO)C=C(C(=NOCc4ccccc4)C[C@@H]1N(CCOCCO)C(=O)c1ccc(C#N)cc1)[C@H]32. The van der Waals surface area contributed by atoms with E-state index in [0.717, 1.165) is 42.4 Å². The number of ether oxygens (including phenoxy) is 4. The highest BCUT2D eigenvalue weighted by molar-refractivity contribution is 6.03. The number of hydrogen-bond acceptors (Lipinski definition) is 11. The molecule has 1 aliphatic heterocycles. The predicted molar refractivity (Wildman–Crippen MR) is 247 cm³/mol. The lowest BCUT2D eigenvalue weighted by molar-refractivity contribution is -0.254. The monoisotopic (exact) mass is 901 g/mol. The molecule has 348 valence electrons. The molecule has 13 heteroatoms. The fraction of sp³-hybridized carbons (Fsp3) is 0.415. The van der Waals surface area contributed by atoms with Crippen LogP contribution >= 0.6 is 0 Å². The summed E-state index contributed by atoms with van der Waals surface area (Å²) < 4.78 is 41.4. The topological polar surface area (TPSA) is 163 Å². The van der Waals surface area contributed by atoms with Crippen molar-refractivity contribution in [3.8, 4) is 17.6 Å². The average molecular weight is 902 g/mol. The molecule has 4 aromatic carbocycles. The molecule has 3 aliphatic rings. The van der Waals surface area contributed by atoms with Gasteiger partial charge < -0.3 is 44.0 Å². The summed E-state index contributed by atoms with van der Waals surface area (Å²) in [5.41, 5.74) is 4.44. The summed E-state index contributed by atoms with van der Waals surface area (Å²) in [5.74, 6) is -2.16. The van der Waals surface area contributed by atoms with E-state index in [9.17, 15) is 25.0 Å². The number of rotatable bonds is 24. The Morgan fingerprint density at radius 1 is 0.924 bits per heavy atom. The van der Waals surface area contributed by atoms with Crippen molar-refractivity contribution in [3.05, 3.63) is 155 Å². The fourth-order valence-electron chi connectivity index (χ4n) is 9.86. The maximum atomic E-state index is 15.1. The quantitative estimate of drug-likeness (QED) is 0.0355. The van der Waals surface area contributed by atoms with Crippen molar-refractivity contribution >= 4 is 11.6 Å². The van der Waals surface area contributed by atoms with Gasteiger partial charge in [0.1, 0.15) is 36.6 Å². The predicted octanol–water partition coefficient (Wildman–Crippen LogP) is 8.26. The molecule has 0 unspecified atom stereocenters. The van der Waals surface area contributed by atoms with Crippen molar-refractivity contribution < 1.29 is 48.3 Å². The first-order chi connectivity index (χ1) is 32.3. The van der Waals surface area contributed by atoms with Crippen molar-refractivity contribution in [1.82, 2.24) is 4.90 Å². The number of oxime groups is 1. The van der Waals surface area contributed by atoms with E-state index >= 15 is 4.79 Å². The van der Waals surface area contributed by atoms with Crippen LogP contribution in [-0.2, 0) is 27.5 Å². The van der Waals surface area contributed by atoms with Crippen LogP contribution in [0, 0.1) is 34.9 Å². The third-order valence-electron chi connectivity index (χ3n) is 12.9. The Morgan fingerprint density at radius 3 is 2.41 bits per heavy atom. The van der Waals surface area contributed by atoms with Gasteiger partial charge in [0.05, 0.1) is 49.7 Å². The van der Waals surface area contributed by atoms with Gasteiger partial charge in [0.2, 0.25) is 5.79 Å². The maximum Gasteiger partial charge on any atom is 0.254 e. The number of unbranched alkanes of at least 4 members (excludes halogenated alkanes) is 2. The van der Waals surface area contributed by atoms with Crippen molar-refractivity contribution in [2.45, 2.75) is 75.9 Å². The first-order valence-electron chi connectivity index (χ1n) is 23.0. The molecule has 66 heavy (non-hydrogen) atoms. The lowest BCUT2D eigenvalue weighted by atomic mass is 9.55. The molecule has 0 bridgehead atoms. The smallest absolute Gasteiger partial charge is 0.254 e. The van der Waals surface area contributed by atoms with Gasteiger partial charge in [-0.3, -0.25) is 4.79 Å². The van der Waals surface area contributed by atoms with E-state index in [0.29, 0.717) is 46.7 Å². The zero-order valence-electron chi connectivity index (χ0n) is 37.3. The van der Waals surface area contributed by atoms with E-state index in [1.165, 1.54) is 6.07 Å². The molecule has 6 atom stereocenters. The third kappa shape index (κ3) is 11.0. The van der Waals surface area contributed by atoms with E-state index in [1.807, 2.05) is 42.5 Å². The lowest BCUT2D eigenvalue weighted by Gasteiger charge is -2.60. The van der Waals surface area contributed by atoms with Crippen molar-refractivity contribution in [2.24, 2.45) is 22.9 Å². The number of aliphatic hydroxyl groups is 3. The number of fused-ring (bicyclic) bond motifs is 2. The van der Waals surface area contributed by atoms with Gasteiger partial charge in [0, 0.05) is 48.8 Å². The van der Waals surface area contributed by atoms with E-state index in [1.54, 1.807) is 59.5 Å². The minimum absolute atomic E-state index is 0.00308. The highest BCUT2D eigenvalue weighted by Gasteiger charge is 2.65. The lowest BCUT2D eigenvalue weighted by Crippen LogP contribution is -2.70. The van der Waals surface area contributed by atoms with Gasteiger partial charge in [-0.05, 0) is 97.2 Å². The number of aliphatic hydroxyl groups excluding tert-OH is 3. The molecule has 0 radical (unpaired) electrons.